The van der Waals surface area contributed by atoms with E-state index in [2.05, 4.69) is 44.8 Å². The average molecular weight is 242 g/mol. The summed E-state index contributed by atoms with van der Waals surface area (Å²) in [6.07, 6.45) is 5.14. The number of nitrogens with zero attached hydrogens (tertiary/aromatic N) is 1. The summed E-state index contributed by atoms with van der Waals surface area (Å²) in [5, 5.41) is 3.55. The Balaban J connectivity index is 3.92. The van der Waals surface area contributed by atoms with Crippen LogP contribution < -0.4 is 5.32 Å². The average Bonchev–Trinajstić information content (AvgIpc) is 2.29. The Morgan fingerprint density at radius 3 is 2.12 bits per heavy atom. The van der Waals surface area contributed by atoms with E-state index in [0.717, 1.165) is 18.5 Å². The van der Waals surface area contributed by atoms with Gasteiger partial charge < -0.3 is 5.32 Å². The first-order valence-corrected chi connectivity index (χ1v) is 7.60. The van der Waals surface area contributed by atoms with E-state index in [1.165, 1.54) is 45.3 Å². The van der Waals surface area contributed by atoms with Crippen LogP contribution in [-0.4, -0.2) is 37.1 Å². The van der Waals surface area contributed by atoms with Crippen LogP contribution in [0.2, 0.25) is 0 Å². The van der Waals surface area contributed by atoms with Gasteiger partial charge >= 0.3 is 0 Å². The largest absolute Gasteiger partial charge is 0.315 e. The van der Waals surface area contributed by atoms with Gasteiger partial charge in [-0.1, -0.05) is 41.0 Å². The lowest BCUT2D eigenvalue weighted by Gasteiger charge is -2.32. The molecule has 0 aliphatic carbocycles. The molecule has 0 aliphatic heterocycles. The molecule has 104 valence electrons. The Labute approximate surface area is 109 Å². The molecule has 1 N–H and O–H groups in total. The van der Waals surface area contributed by atoms with Crippen LogP contribution in [0, 0.1) is 5.92 Å². The van der Waals surface area contributed by atoms with E-state index < -0.39 is 0 Å². The summed E-state index contributed by atoms with van der Waals surface area (Å²) in [7, 11) is 0. The molecule has 2 heteroatoms. The summed E-state index contributed by atoms with van der Waals surface area (Å²) in [6.45, 7) is 16.3. The Morgan fingerprint density at radius 1 is 1.00 bits per heavy atom. The lowest BCUT2D eigenvalue weighted by molar-refractivity contribution is 0.166. The van der Waals surface area contributed by atoms with Crippen molar-refractivity contribution in [3.63, 3.8) is 0 Å². The van der Waals surface area contributed by atoms with E-state index in [1.807, 2.05) is 0 Å². The molecule has 0 amide bonds. The fourth-order valence-electron chi connectivity index (χ4n) is 2.35. The highest BCUT2D eigenvalue weighted by atomic mass is 15.2. The number of hydrogen-bond donors (Lipinski definition) is 1. The Hall–Kier alpha value is -0.0800. The monoisotopic (exact) mass is 242 g/mol. The molecule has 0 saturated carbocycles. The molecule has 0 fully saturated rings. The lowest BCUT2D eigenvalue weighted by Crippen LogP contribution is -2.41. The van der Waals surface area contributed by atoms with Crippen molar-refractivity contribution in [3.05, 3.63) is 0 Å². The standard InChI is InChI=1S/C15H34N2/c1-6-9-10-16-11-12-17(13-14(4)5)15(7-2)8-3/h14-16H,6-13H2,1-5H3. The predicted octanol–water partition coefficient (Wildman–Crippen LogP) is 3.52. The zero-order chi connectivity index (χ0) is 13.1. The summed E-state index contributed by atoms with van der Waals surface area (Å²) in [6, 6.07) is 0.769. The molecule has 0 radical (unpaired) electrons. The number of nitrogens with one attached hydrogen (secondary N) is 1. The zero-order valence-corrected chi connectivity index (χ0v) is 12.8. The Bertz CT molecular complexity index is 153. The fourth-order valence-corrected chi connectivity index (χ4v) is 2.35. The van der Waals surface area contributed by atoms with Crippen LogP contribution in [0.15, 0.2) is 0 Å². The van der Waals surface area contributed by atoms with Crippen molar-refractivity contribution in [2.45, 2.75) is 66.3 Å². The number of unbranched alkanes of at least 4 members (excludes halogenated alkanes) is 1. The van der Waals surface area contributed by atoms with Gasteiger partial charge in [0.15, 0.2) is 0 Å². The molecule has 0 saturated heterocycles. The van der Waals surface area contributed by atoms with Gasteiger partial charge in [-0.2, -0.15) is 0 Å². The van der Waals surface area contributed by atoms with Crippen molar-refractivity contribution in [1.29, 1.82) is 0 Å². The summed E-state index contributed by atoms with van der Waals surface area (Å²) in [5.41, 5.74) is 0. The fraction of sp³-hybridized carbons (Fsp3) is 1.00. The second kappa shape index (κ2) is 11.0. The van der Waals surface area contributed by atoms with Crippen molar-refractivity contribution in [2.75, 3.05) is 26.2 Å². The highest BCUT2D eigenvalue weighted by Gasteiger charge is 2.15. The van der Waals surface area contributed by atoms with Crippen molar-refractivity contribution in [3.8, 4) is 0 Å². The topological polar surface area (TPSA) is 15.3 Å². The minimum atomic E-state index is 0.769. The van der Waals surface area contributed by atoms with Crippen molar-refractivity contribution in [1.82, 2.24) is 10.2 Å². The van der Waals surface area contributed by atoms with Crippen LogP contribution in [0.1, 0.15) is 60.3 Å². The van der Waals surface area contributed by atoms with Crippen LogP contribution >= 0.6 is 0 Å². The van der Waals surface area contributed by atoms with E-state index in [9.17, 15) is 0 Å². The molecule has 0 aromatic carbocycles. The molecule has 0 atom stereocenters. The van der Waals surface area contributed by atoms with E-state index in [1.54, 1.807) is 0 Å². The maximum absolute atomic E-state index is 3.55. The minimum Gasteiger partial charge on any atom is -0.315 e. The molecular weight excluding hydrogens is 208 g/mol. The van der Waals surface area contributed by atoms with Crippen molar-refractivity contribution >= 4 is 0 Å². The van der Waals surface area contributed by atoms with Gasteiger partial charge in [0.2, 0.25) is 0 Å². The first-order chi connectivity index (χ1) is 8.15. The van der Waals surface area contributed by atoms with Gasteiger partial charge in [0.25, 0.3) is 0 Å². The van der Waals surface area contributed by atoms with Crippen LogP contribution in [0.3, 0.4) is 0 Å². The quantitative estimate of drug-likeness (QED) is 0.558. The Kier molecular flexibility index (Phi) is 11.0. The molecule has 0 unspecified atom stereocenters. The van der Waals surface area contributed by atoms with Gasteiger partial charge in [0, 0.05) is 25.7 Å². The van der Waals surface area contributed by atoms with Gasteiger partial charge in [-0.3, -0.25) is 4.90 Å². The molecule has 17 heavy (non-hydrogen) atoms. The van der Waals surface area contributed by atoms with Gasteiger partial charge in [-0.25, -0.2) is 0 Å². The zero-order valence-electron chi connectivity index (χ0n) is 12.8. The third-order valence-corrected chi connectivity index (χ3v) is 3.34. The first kappa shape index (κ1) is 16.9. The SMILES string of the molecule is CCCCNCCN(CC(C)C)C(CC)CC. The van der Waals surface area contributed by atoms with Gasteiger partial charge in [-0.05, 0) is 31.7 Å². The third-order valence-electron chi connectivity index (χ3n) is 3.34. The van der Waals surface area contributed by atoms with E-state index in [4.69, 9.17) is 0 Å². The van der Waals surface area contributed by atoms with Crippen LogP contribution in [-0.2, 0) is 0 Å². The first-order valence-electron chi connectivity index (χ1n) is 7.60. The van der Waals surface area contributed by atoms with Gasteiger partial charge in [-0.15, -0.1) is 0 Å². The second-order valence-corrected chi connectivity index (χ2v) is 5.46. The molecule has 0 aromatic heterocycles. The highest BCUT2D eigenvalue weighted by Crippen LogP contribution is 2.10. The normalized spacial score (nSPS) is 12.0. The van der Waals surface area contributed by atoms with Crippen molar-refractivity contribution in [2.24, 2.45) is 5.92 Å². The molecule has 0 aliphatic rings. The molecule has 0 rings (SSSR count). The van der Waals surface area contributed by atoms with E-state index >= 15 is 0 Å². The van der Waals surface area contributed by atoms with Crippen LogP contribution in [0.25, 0.3) is 0 Å². The lowest BCUT2D eigenvalue weighted by atomic mass is 10.1. The summed E-state index contributed by atoms with van der Waals surface area (Å²) in [5.74, 6) is 0.770. The summed E-state index contributed by atoms with van der Waals surface area (Å²) >= 11 is 0. The predicted molar refractivity (Wildman–Crippen MR) is 78.6 cm³/mol. The molecular formula is C15H34N2. The van der Waals surface area contributed by atoms with Crippen LogP contribution in [0.4, 0.5) is 0 Å². The Morgan fingerprint density at radius 2 is 1.65 bits per heavy atom. The number of rotatable bonds is 11. The van der Waals surface area contributed by atoms with Gasteiger partial charge in [0.1, 0.15) is 0 Å². The third kappa shape index (κ3) is 8.62. The summed E-state index contributed by atoms with van der Waals surface area (Å²) in [4.78, 5) is 2.67. The van der Waals surface area contributed by atoms with E-state index in [0.29, 0.717) is 0 Å². The van der Waals surface area contributed by atoms with Crippen molar-refractivity contribution < 1.29 is 0 Å². The minimum absolute atomic E-state index is 0.769. The maximum atomic E-state index is 3.55. The van der Waals surface area contributed by atoms with Gasteiger partial charge in [0.05, 0.1) is 0 Å². The summed E-state index contributed by atoms with van der Waals surface area (Å²) < 4.78 is 0. The molecule has 2 nitrogen and oxygen atoms in total. The molecule has 0 spiro atoms. The number of hydrogen-bond acceptors (Lipinski definition) is 2. The second-order valence-electron chi connectivity index (χ2n) is 5.46. The molecule has 0 heterocycles. The molecule has 0 bridgehead atoms. The van der Waals surface area contributed by atoms with Crippen LogP contribution in [0.5, 0.6) is 0 Å². The molecule has 0 aromatic rings. The smallest absolute Gasteiger partial charge is 0.0110 e. The maximum Gasteiger partial charge on any atom is 0.0110 e. The highest BCUT2D eigenvalue weighted by molar-refractivity contribution is 4.71. The van der Waals surface area contributed by atoms with E-state index in [-0.39, 0.29) is 0 Å².